The first kappa shape index (κ1) is 13.2. The highest BCUT2D eigenvalue weighted by atomic mass is 19.4. The quantitative estimate of drug-likeness (QED) is 0.877. The third-order valence-corrected chi connectivity index (χ3v) is 3.15. The van der Waals surface area contributed by atoms with Crippen LogP contribution in [0.2, 0.25) is 0 Å². The van der Waals surface area contributed by atoms with Gasteiger partial charge in [0.15, 0.2) is 0 Å². The molecule has 100 valence electrons. The lowest BCUT2D eigenvalue weighted by Crippen LogP contribution is -2.36. The number of hydrogen-bond donors (Lipinski definition) is 1. The van der Waals surface area contributed by atoms with Gasteiger partial charge in [0.25, 0.3) is 0 Å². The summed E-state index contributed by atoms with van der Waals surface area (Å²) >= 11 is 0. The van der Waals surface area contributed by atoms with Crippen LogP contribution < -0.4 is 5.32 Å². The van der Waals surface area contributed by atoms with Gasteiger partial charge in [-0.3, -0.25) is 0 Å². The van der Waals surface area contributed by atoms with E-state index in [0.29, 0.717) is 6.42 Å². The van der Waals surface area contributed by atoms with Crippen molar-refractivity contribution < 1.29 is 13.2 Å². The van der Waals surface area contributed by atoms with E-state index in [-0.39, 0.29) is 11.7 Å². The van der Waals surface area contributed by atoms with Gasteiger partial charge in [0.1, 0.15) is 0 Å². The molecular weight excluding hydrogens is 241 g/mol. The van der Waals surface area contributed by atoms with E-state index < -0.39 is 11.7 Å². The molecule has 1 heterocycles. The fourth-order valence-electron chi connectivity index (χ4n) is 2.40. The Hall–Kier alpha value is -1.23. The van der Waals surface area contributed by atoms with Gasteiger partial charge in [-0.1, -0.05) is 12.1 Å². The lowest BCUT2D eigenvalue weighted by molar-refractivity contribution is -0.137. The zero-order chi connectivity index (χ0) is 13.3. The summed E-state index contributed by atoms with van der Waals surface area (Å²) in [5.74, 6) is 0. The van der Waals surface area contributed by atoms with Gasteiger partial charge < -0.3 is 10.2 Å². The maximum atomic E-state index is 12.9. The van der Waals surface area contributed by atoms with E-state index in [9.17, 15) is 13.2 Å². The highest BCUT2D eigenvalue weighted by molar-refractivity contribution is 5.61. The minimum atomic E-state index is -4.29. The van der Waals surface area contributed by atoms with Gasteiger partial charge in [-0.05, 0) is 38.6 Å². The molecule has 5 heteroatoms. The first-order valence-electron chi connectivity index (χ1n) is 5.98. The number of anilines is 1. The van der Waals surface area contributed by atoms with Crippen molar-refractivity contribution in [2.24, 2.45) is 0 Å². The number of nitrogens with zero attached hydrogens (tertiary/aromatic N) is 1. The third kappa shape index (κ3) is 2.77. The first-order chi connectivity index (χ1) is 8.38. The van der Waals surface area contributed by atoms with Crippen molar-refractivity contribution in [3.8, 4) is 0 Å². The van der Waals surface area contributed by atoms with Gasteiger partial charge in [0.05, 0.1) is 5.56 Å². The van der Waals surface area contributed by atoms with Gasteiger partial charge in [-0.2, -0.15) is 13.2 Å². The molecule has 0 saturated carbocycles. The van der Waals surface area contributed by atoms with Crippen LogP contribution in [0.5, 0.6) is 0 Å². The fourth-order valence-corrected chi connectivity index (χ4v) is 2.40. The molecule has 1 aromatic rings. The van der Waals surface area contributed by atoms with E-state index in [0.717, 1.165) is 24.6 Å². The van der Waals surface area contributed by atoms with Gasteiger partial charge in [-0.15, -0.1) is 0 Å². The zero-order valence-corrected chi connectivity index (χ0v) is 10.5. The lowest BCUT2D eigenvalue weighted by Gasteiger charge is -2.31. The van der Waals surface area contributed by atoms with Crippen LogP contribution in [0.3, 0.4) is 0 Å². The summed E-state index contributed by atoms with van der Waals surface area (Å²) in [6.07, 6.45) is -2.73. The average Bonchev–Trinajstić information content (AvgIpc) is 2.26. The van der Waals surface area contributed by atoms with Crippen LogP contribution in [-0.2, 0) is 12.6 Å². The smallest absolute Gasteiger partial charge is 0.380 e. The Morgan fingerprint density at radius 1 is 1.33 bits per heavy atom. The molecular formula is C13H17F3N2. The largest absolute Gasteiger partial charge is 0.418 e. The van der Waals surface area contributed by atoms with E-state index in [1.807, 2.05) is 19.0 Å². The van der Waals surface area contributed by atoms with E-state index >= 15 is 0 Å². The summed E-state index contributed by atoms with van der Waals surface area (Å²) in [4.78, 5) is 1.98. The van der Waals surface area contributed by atoms with Crippen LogP contribution in [0.15, 0.2) is 18.2 Å². The number of nitrogens with one attached hydrogen (secondary N) is 1. The monoisotopic (exact) mass is 258 g/mol. The third-order valence-electron chi connectivity index (χ3n) is 3.15. The Morgan fingerprint density at radius 2 is 2.06 bits per heavy atom. The predicted molar refractivity (Wildman–Crippen MR) is 65.7 cm³/mol. The molecule has 0 saturated heterocycles. The summed E-state index contributed by atoms with van der Waals surface area (Å²) in [5.41, 5.74) is 0.478. The highest BCUT2D eigenvalue weighted by Crippen LogP contribution is 2.39. The van der Waals surface area contributed by atoms with Crippen LogP contribution in [0.25, 0.3) is 0 Å². The van der Waals surface area contributed by atoms with Crippen molar-refractivity contribution in [1.29, 1.82) is 0 Å². The number of rotatable bonds is 2. The molecule has 0 spiro atoms. The Labute approximate surface area is 105 Å². The van der Waals surface area contributed by atoms with Crippen molar-refractivity contribution in [3.05, 3.63) is 29.3 Å². The van der Waals surface area contributed by atoms with Crippen molar-refractivity contribution in [2.45, 2.75) is 25.1 Å². The molecule has 1 aliphatic heterocycles. The first-order valence-corrected chi connectivity index (χ1v) is 5.98. The number of benzene rings is 1. The molecule has 0 bridgehead atoms. The van der Waals surface area contributed by atoms with Crippen molar-refractivity contribution >= 4 is 5.69 Å². The molecule has 0 aliphatic carbocycles. The number of likely N-dealkylation sites (N-methyl/N-ethyl adjacent to an activating group) is 1. The van der Waals surface area contributed by atoms with Crippen molar-refractivity contribution in [3.63, 3.8) is 0 Å². The molecule has 0 fully saturated rings. The second-order valence-corrected chi connectivity index (χ2v) is 4.98. The molecule has 1 aliphatic rings. The standard InChI is InChI=1S/C13H17F3N2/c1-18(2)8-10-7-6-9-4-3-5-11(12(9)17-10)13(14,15)16/h3-5,10,17H,6-8H2,1-2H3. The maximum absolute atomic E-state index is 12.9. The number of hydrogen-bond acceptors (Lipinski definition) is 2. The lowest BCUT2D eigenvalue weighted by atomic mass is 9.94. The summed E-state index contributed by atoms with van der Waals surface area (Å²) in [5, 5.41) is 3.04. The van der Waals surface area contributed by atoms with Gasteiger partial charge in [0.2, 0.25) is 0 Å². The maximum Gasteiger partial charge on any atom is 0.418 e. The number of fused-ring (bicyclic) bond motifs is 1. The summed E-state index contributed by atoms with van der Waals surface area (Å²) in [6, 6.07) is 4.47. The number of para-hydroxylation sites is 1. The van der Waals surface area contributed by atoms with Crippen LogP contribution in [0, 0.1) is 0 Å². The second kappa shape index (κ2) is 4.80. The van der Waals surface area contributed by atoms with Gasteiger partial charge in [0, 0.05) is 18.3 Å². The number of aryl methyl sites for hydroxylation is 1. The minimum absolute atomic E-state index is 0.0796. The van der Waals surface area contributed by atoms with Crippen LogP contribution in [-0.4, -0.2) is 31.6 Å². The average molecular weight is 258 g/mol. The Morgan fingerprint density at radius 3 is 2.67 bits per heavy atom. The molecule has 18 heavy (non-hydrogen) atoms. The Balaban J connectivity index is 2.29. The number of alkyl halides is 3. The Kier molecular flexibility index (Phi) is 3.52. The Bertz CT molecular complexity index is 427. The topological polar surface area (TPSA) is 15.3 Å². The van der Waals surface area contributed by atoms with Crippen LogP contribution in [0.4, 0.5) is 18.9 Å². The molecule has 1 N–H and O–H groups in total. The van der Waals surface area contributed by atoms with Gasteiger partial charge in [-0.25, -0.2) is 0 Å². The van der Waals surface area contributed by atoms with E-state index in [1.54, 1.807) is 6.07 Å². The normalized spacial score (nSPS) is 19.6. The molecule has 1 atom stereocenters. The zero-order valence-electron chi connectivity index (χ0n) is 10.5. The number of halogens is 3. The molecule has 0 radical (unpaired) electrons. The molecule has 2 nitrogen and oxygen atoms in total. The van der Waals surface area contributed by atoms with E-state index in [4.69, 9.17) is 0 Å². The summed E-state index contributed by atoms with van der Waals surface area (Å²) < 4.78 is 38.7. The highest BCUT2D eigenvalue weighted by Gasteiger charge is 2.35. The van der Waals surface area contributed by atoms with E-state index in [2.05, 4.69) is 5.32 Å². The van der Waals surface area contributed by atoms with Gasteiger partial charge >= 0.3 is 6.18 Å². The SMILES string of the molecule is CN(C)CC1CCc2cccc(C(F)(F)F)c2N1. The van der Waals surface area contributed by atoms with E-state index in [1.165, 1.54) is 6.07 Å². The van der Waals surface area contributed by atoms with Crippen molar-refractivity contribution in [2.75, 3.05) is 26.0 Å². The molecule has 1 unspecified atom stereocenters. The molecule has 1 aromatic carbocycles. The van der Waals surface area contributed by atoms with Crippen LogP contribution >= 0.6 is 0 Å². The molecule has 0 aromatic heterocycles. The van der Waals surface area contributed by atoms with Crippen molar-refractivity contribution in [1.82, 2.24) is 4.90 Å². The predicted octanol–water partition coefficient (Wildman–Crippen LogP) is 2.99. The minimum Gasteiger partial charge on any atom is -0.380 e. The second-order valence-electron chi connectivity index (χ2n) is 4.98. The summed E-state index contributed by atoms with van der Waals surface area (Å²) in [7, 11) is 3.85. The molecule has 0 amide bonds. The summed E-state index contributed by atoms with van der Waals surface area (Å²) in [6.45, 7) is 0.742. The molecule has 2 rings (SSSR count). The fraction of sp³-hybridized carbons (Fsp3) is 0.538. The van der Waals surface area contributed by atoms with Crippen LogP contribution in [0.1, 0.15) is 17.5 Å².